The minimum Gasteiger partial charge on any atom is -0.380 e. The van der Waals surface area contributed by atoms with Gasteiger partial charge in [0.25, 0.3) is 0 Å². The summed E-state index contributed by atoms with van der Waals surface area (Å²) in [6.07, 6.45) is 1.94. The fraction of sp³-hybridized carbons (Fsp3) is 0.545. The zero-order valence-electron chi connectivity index (χ0n) is 8.79. The van der Waals surface area contributed by atoms with Gasteiger partial charge in [-0.05, 0) is 30.0 Å². The number of rotatable bonds is 3. The van der Waals surface area contributed by atoms with E-state index in [9.17, 15) is 0 Å². The molecule has 13 heavy (non-hydrogen) atoms. The van der Waals surface area contributed by atoms with Crippen LogP contribution in [0.3, 0.4) is 0 Å². The lowest BCUT2D eigenvalue weighted by Crippen LogP contribution is -1.98. The van der Waals surface area contributed by atoms with Crippen LogP contribution in [0.15, 0.2) is 12.3 Å². The first-order valence-corrected chi connectivity index (χ1v) is 4.59. The molecule has 0 saturated heterocycles. The third-order valence-corrected chi connectivity index (χ3v) is 2.18. The maximum Gasteiger partial charge on any atom is 0.0730 e. The van der Waals surface area contributed by atoms with Crippen LogP contribution in [0, 0.1) is 6.92 Å². The van der Waals surface area contributed by atoms with Crippen molar-refractivity contribution >= 4 is 0 Å². The third kappa shape index (κ3) is 2.52. The average molecular weight is 179 g/mol. The number of pyridine rings is 1. The molecule has 0 spiro atoms. The summed E-state index contributed by atoms with van der Waals surface area (Å²) >= 11 is 0. The number of ether oxygens (including phenoxy) is 1. The molecule has 0 aliphatic rings. The molecule has 0 aromatic carbocycles. The van der Waals surface area contributed by atoms with E-state index >= 15 is 0 Å². The lowest BCUT2D eigenvalue weighted by Gasteiger charge is -2.09. The molecule has 1 aromatic rings. The highest BCUT2D eigenvalue weighted by molar-refractivity contribution is 5.25. The number of nitrogens with zero attached hydrogens (tertiary/aromatic N) is 1. The molecule has 0 amide bonds. The van der Waals surface area contributed by atoms with E-state index in [1.807, 2.05) is 13.1 Å². The first-order chi connectivity index (χ1) is 6.15. The van der Waals surface area contributed by atoms with Crippen molar-refractivity contribution < 1.29 is 4.74 Å². The summed E-state index contributed by atoms with van der Waals surface area (Å²) in [6.45, 7) is 7.00. The van der Waals surface area contributed by atoms with E-state index in [-0.39, 0.29) is 0 Å². The predicted octanol–water partition coefficient (Wildman–Crippen LogP) is 2.66. The van der Waals surface area contributed by atoms with Crippen molar-refractivity contribution in [1.82, 2.24) is 4.98 Å². The Bertz CT molecular complexity index is 281. The monoisotopic (exact) mass is 179 g/mol. The van der Waals surface area contributed by atoms with Crippen LogP contribution in [0.5, 0.6) is 0 Å². The first kappa shape index (κ1) is 10.2. The van der Waals surface area contributed by atoms with Gasteiger partial charge in [-0.15, -0.1) is 0 Å². The highest BCUT2D eigenvalue weighted by Gasteiger charge is 2.04. The molecule has 0 atom stereocenters. The van der Waals surface area contributed by atoms with Gasteiger partial charge in [0.2, 0.25) is 0 Å². The van der Waals surface area contributed by atoms with Gasteiger partial charge in [0.1, 0.15) is 0 Å². The Labute approximate surface area is 80.0 Å². The average Bonchev–Trinajstić information content (AvgIpc) is 2.08. The summed E-state index contributed by atoms with van der Waals surface area (Å²) < 4.78 is 5.10. The Morgan fingerprint density at radius 1 is 1.46 bits per heavy atom. The number of hydrogen-bond acceptors (Lipinski definition) is 2. The van der Waals surface area contributed by atoms with Crippen molar-refractivity contribution in [2.24, 2.45) is 0 Å². The maximum absolute atomic E-state index is 5.10. The van der Waals surface area contributed by atoms with Crippen molar-refractivity contribution in [3.8, 4) is 0 Å². The third-order valence-electron chi connectivity index (χ3n) is 2.18. The van der Waals surface area contributed by atoms with Crippen LogP contribution in [0.25, 0.3) is 0 Å². The van der Waals surface area contributed by atoms with Gasteiger partial charge in [-0.3, -0.25) is 4.98 Å². The van der Waals surface area contributed by atoms with E-state index in [1.54, 1.807) is 7.11 Å². The zero-order valence-corrected chi connectivity index (χ0v) is 8.79. The fourth-order valence-corrected chi connectivity index (χ4v) is 1.21. The van der Waals surface area contributed by atoms with E-state index in [4.69, 9.17) is 4.74 Å². The highest BCUT2D eigenvalue weighted by Crippen LogP contribution is 2.16. The summed E-state index contributed by atoms with van der Waals surface area (Å²) in [5.74, 6) is 0.531. The van der Waals surface area contributed by atoms with Crippen LogP contribution in [-0.2, 0) is 11.3 Å². The SMILES string of the molecule is COCc1cc(C(C)C)cnc1C. The quantitative estimate of drug-likeness (QED) is 0.711. The molecule has 1 heterocycles. The molecule has 0 saturated carbocycles. The van der Waals surface area contributed by atoms with Crippen LogP contribution in [0.1, 0.15) is 36.6 Å². The maximum atomic E-state index is 5.10. The molecule has 0 aliphatic carbocycles. The second-order valence-electron chi connectivity index (χ2n) is 3.60. The Kier molecular flexibility index (Phi) is 3.43. The molecule has 2 nitrogen and oxygen atoms in total. The van der Waals surface area contributed by atoms with E-state index < -0.39 is 0 Å². The summed E-state index contributed by atoms with van der Waals surface area (Å²) in [4.78, 5) is 4.34. The molecule has 1 aromatic heterocycles. The standard InChI is InChI=1S/C11H17NO/c1-8(2)10-5-11(7-13-4)9(3)12-6-10/h5-6,8H,7H2,1-4H3. The second kappa shape index (κ2) is 4.38. The van der Waals surface area contributed by atoms with Gasteiger partial charge in [0.05, 0.1) is 6.61 Å². The topological polar surface area (TPSA) is 22.1 Å². The van der Waals surface area contributed by atoms with Crippen LogP contribution < -0.4 is 0 Å². The highest BCUT2D eigenvalue weighted by atomic mass is 16.5. The van der Waals surface area contributed by atoms with Gasteiger partial charge in [-0.2, -0.15) is 0 Å². The lowest BCUT2D eigenvalue weighted by atomic mass is 10.0. The summed E-state index contributed by atoms with van der Waals surface area (Å²) in [7, 11) is 1.71. The van der Waals surface area contributed by atoms with Crippen molar-refractivity contribution in [1.29, 1.82) is 0 Å². The van der Waals surface area contributed by atoms with Crippen molar-refractivity contribution in [2.75, 3.05) is 7.11 Å². The van der Waals surface area contributed by atoms with E-state index in [1.165, 1.54) is 11.1 Å². The van der Waals surface area contributed by atoms with Crippen molar-refractivity contribution in [2.45, 2.75) is 33.3 Å². The number of aryl methyl sites for hydroxylation is 1. The van der Waals surface area contributed by atoms with Crippen molar-refractivity contribution in [3.63, 3.8) is 0 Å². The van der Waals surface area contributed by atoms with Gasteiger partial charge in [0.15, 0.2) is 0 Å². The van der Waals surface area contributed by atoms with Gasteiger partial charge < -0.3 is 4.74 Å². The zero-order chi connectivity index (χ0) is 9.84. The first-order valence-electron chi connectivity index (χ1n) is 4.59. The normalized spacial score (nSPS) is 10.8. The van der Waals surface area contributed by atoms with E-state index in [0.29, 0.717) is 12.5 Å². The lowest BCUT2D eigenvalue weighted by molar-refractivity contribution is 0.184. The molecule has 72 valence electrons. The molecular weight excluding hydrogens is 162 g/mol. The molecule has 0 bridgehead atoms. The largest absolute Gasteiger partial charge is 0.380 e. The van der Waals surface area contributed by atoms with Gasteiger partial charge in [-0.1, -0.05) is 13.8 Å². The molecule has 0 N–H and O–H groups in total. The van der Waals surface area contributed by atoms with Crippen molar-refractivity contribution in [3.05, 3.63) is 29.1 Å². The predicted molar refractivity (Wildman–Crippen MR) is 53.8 cm³/mol. The molecule has 2 heteroatoms. The van der Waals surface area contributed by atoms with Gasteiger partial charge >= 0.3 is 0 Å². The molecule has 1 rings (SSSR count). The fourth-order valence-electron chi connectivity index (χ4n) is 1.21. The minimum atomic E-state index is 0.531. The van der Waals surface area contributed by atoms with Crippen LogP contribution in [0.2, 0.25) is 0 Å². The summed E-state index contributed by atoms with van der Waals surface area (Å²) in [5.41, 5.74) is 3.53. The van der Waals surface area contributed by atoms with Crippen LogP contribution in [-0.4, -0.2) is 12.1 Å². The molecule has 0 aliphatic heterocycles. The molecule has 0 unspecified atom stereocenters. The van der Waals surface area contributed by atoms with E-state index in [0.717, 1.165) is 5.69 Å². The van der Waals surface area contributed by atoms with E-state index in [2.05, 4.69) is 24.9 Å². The molecular formula is C11H17NO. The Balaban J connectivity index is 2.97. The molecule has 0 radical (unpaired) electrons. The van der Waals surface area contributed by atoms with Gasteiger partial charge in [0, 0.05) is 19.0 Å². The summed E-state index contributed by atoms with van der Waals surface area (Å²) in [5, 5.41) is 0. The summed E-state index contributed by atoms with van der Waals surface area (Å²) in [6, 6.07) is 2.18. The smallest absolute Gasteiger partial charge is 0.0730 e. The van der Waals surface area contributed by atoms with Crippen LogP contribution >= 0.6 is 0 Å². The molecule has 0 fully saturated rings. The Morgan fingerprint density at radius 3 is 2.69 bits per heavy atom. The Morgan fingerprint density at radius 2 is 2.15 bits per heavy atom. The van der Waals surface area contributed by atoms with Gasteiger partial charge in [-0.25, -0.2) is 0 Å². The number of methoxy groups -OCH3 is 1. The number of aromatic nitrogens is 1. The Hall–Kier alpha value is -0.890. The van der Waals surface area contributed by atoms with Crippen LogP contribution in [0.4, 0.5) is 0 Å². The number of hydrogen-bond donors (Lipinski definition) is 0. The minimum absolute atomic E-state index is 0.531. The second-order valence-corrected chi connectivity index (χ2v) is 3.60.